The van der Waals surface area contributed by atoms with E-state index in [1.165, 1.54) is 5.56 Å². The predicted octanol–water partition coefficient (Wildman–Crippen LogP) is 2.12. The summed E-state index contributed by atoms with van der Waals surface area (Å²) in [6, 6.07) is 8.32. The Kier molecular flexibility index (Phi) is 4.97. The van der Waals surface area contributed by atoms with Gasteiger partial charge in [-0.05, 0) is 37.8 Å². The zero-order chi connectivity index (χ0) is 13.8. The Labute approximate surface area is 115 Å². The van der Waals surface area contributed by atoms with Gasteiger partial charge in [-0.1, -0.05) is 36.8 Å². The quantitative estimate of drug-likeness (QED) is 0.855. The van der Waals surface area contributed by atoms with Crippen molar-refractivity contribution >= 4 is 0 Å². The number of rotatable bonds is 5. The van der Waals surface area contributed by atoms with E-state index in [4.69, 9.17) is 0 Å². The molecule has 3 nitrogen and oxygen atoms in total. The minimum absolute atomic E-state index is 0.224. The molecule has 1 fully saturated rings. The number of aryl methyl sites for hydroxylation is 1. The maximum absolute atomic E-state index is 10.2. The van der Waals surface area contributed by atoms with Crippen molar-refractivity contribution in [2.24, 2.45) is 5.92 Å². The third kappa shape index (κ3) is 3.56. The van der Waals surface area contributed by atoms with Crippen LogP contribution in [0.5, 0.6) is 0 Å². The summed E-state index contributed by atoms with van der Waals surface area (Å²) in [4.78, 5) is 2.31. The molecule has 106 valence electrons. The summed E-state index contributed by atoms with van der Waals surface area (Å²) in [5.74, 6) is 0.557. The predicted molar refractivity (Wildman–Crippen MR) is 77.0 cm³/mol. The van der Waals surface area contributed by atoms with E-state index >= 15 is 0 Å². The summed E-state index contributed by atoms with van der Waals surface area (Å²) in [5.41, 5.74) is 2.17. The topological polar surface area (TPSA) is 43.7 Å². The molecule has 3 atom stereocenters. The highest BCUT2D eigenvalue weighted by Crippen LogP contribution is 2.25. The van der Waals surface area contributed by atoms with Gasteiger partial charge in [0, 0.05) is 12.6 Å². The van der Waals surface area contributed by atoms with Crippen molar-refractivity contribution in [2.45, 2.75) is 38.8 Å². The van der Waals surface area contributed by atoms with Crippen LogP contribution in [0.4, 0.5) is 0 Å². The molecule has 19 heavy (non-hydrogen) atoms. The SMILES string of the molecule is Cc1cccc(C(O)CCN2CCC(C)C2CO)c1. The van der Waals surface area contributed by atoms with E-state index < -0.39 is 6.10 Å². The minimum Gasteiger partial charge on any atom is -0.395 e. The first kappa shape index (κ1) is 14.5. The summed E-state index contributed by atoms with van der Waals surface area (Å²) in [6.07, 6.45) is 1.47. The van der Waals surface area contributed by atoms with Crippen LogP contribution in [0.15, 0.2) is 24.3 Å². The highest BCUT2D eigenvalue weighted by molar-refractivity contribution is 5.23. The number of likely N-dealkylation sites (tertiary alicyclic amines) is 1. The molecule has 0 amide bonds. The van der Waals surface area contributed by atoms with E-state index in [2.05, 4.69) is 11.8 Å². The first-order valence-electron chi connectivity index (χ1n) is 7.21. The zero-order valence-electron chi connectivity index (χ0n) is 11.9. The van der Waals surface area contributed by atoms with Crippen molar-refractivity contribution in [3.8, 4) is 0 Å². The number of aliphatic hydroxyl groups is 2. The van der Waals surface area contributed by atoms with Crippen LogP contribution in [0.25, 0.3) is 0 Å². The standard InChI is InChI=1S/C16H25NO2/c1-12-4-3-5-14(10-12)16(19)7-9-17-8-6-13(2)15(17)11-18/h3-5,10,13,15-16,18-19H,6-9,11H2,1-2H3. The maximum atomic E-state index is 10.2. The zero-order valence-corrected chi connectivity index (χ0v) is 11.9. The van der Waals surface area contributed by atoms with E-state index in [0.717, 1.165) is 31.5 Å². The summed E-state index contributed by atoms with van der Waals surface area (Å²) in [7, 11) is 0. The molecule has 2 N–H and O–H groups in total. The van der Waals surface area contributed by atoms with Gasteiger partial charge in [-0.3, -0.25) is 4.90 Å². The van der Waals surface area contributed by atoms with Crippen molar-refractivity contribution < 1.29 is 10.2 Å². The molecular weight excluding hydrogens is 238 g/mol. The second kappa shape index (κ2) is 6.51. The Bertz CT molecular complexity index is 407. The molecule has 3 heteroatoms. The largest absolute Gasteiger partial charge is 0.395 e. The van der Waals surface area contributed by atoms with Crippen molar-refractivity contribution in [3.63, 3.8) is 0 Å². The molecular formula is C16H25NO2. The van der Waals surface area contributed by atoms with Gasteiger partial charge < -0.3 is 10.2 Å². The van der Waals surface area contributed by atoms with E-state index in [9.17, 15) is 10.2 Å². The number of hydrogen-bond acceptors (Lipinski definition) is 3. The number of hydrogen-bond donors (Lipinski definition) is 2. The van der Waals surface area contributed by atoms with E-state index in [1.54, 1.807) is 0 Å². The van der Waals surface area contributed by atoms with Gasteiger partial charge >= 0.3 is 0 Å². The molecule has 1 aliphatic heterocycles. The second-order valence-corrected chi connectivity index (χ2v) is 5.77. The monoisotopic (exact) mass is 263 g/mol. The van der Waals surface area contributed by atoms with Gasteiger partial charge in [-0.2, -0.15) is 0 Å². The lowest BCUT2D eigenvalue weighted by Gasteiger charge is -2.26. The molecule has 0 aromatic heterocycles. The lowest BCUT2D eigenvalue weighted by Crippen LogP contribution is -2.36. The van der Waals surface area contributed by atoms with Crippen LogP contribution in [0.2, 0.25) is 0 Å². The summed E-state index contributed by atoms with van der Waals surface area (Å²) in [6.45, 7) is 6.34. The smallest absolute Gasteiger partial charge is 0.0802 e. The molecule has 1 aliphatic rings. The van der Waals surface area contributed by atoms with Crippen molar-refractivity contribution in [2.75, 3.05) is 19.7 Å². The third-order valence-corrected chi connectivity index (χ3v) is 4.30. The summed E-state index contributed by atoms with van der Waals surface area (Å²) in [5, 5.41) is 19.7. The Balaban J connectivity index is 1.88. The van der Waals surface area contributed by atoms with Gasteiger partial charge in [-0.25, -0.2) is 0 Å². The van der Waals surface area contributed by atoms with E-state index in [-0.39, 0.29) is 12.6 Å². The Hall–Kier alpha value is -0.900. The van der Waals surface area contributed by atoms with Gasteiger partial charge in [0.2, 0.25) is 0 Å². The highest BCUT2D eigenvalue weighted by atomic mass is 16.3. The average molecular weight is 263 g/mol. The van der Waals surface area contributed by atoms with Crippen LogP contribution in [0.1, 0.15) is 37.0 Å². The lowest BCUT2D eigenvalue weighted by atomic mass is 10.0. The molecule has 3 unspecified atom stereocenters. The van der Waals surface area contributed by atoms with E-state index in [1.807, 2.05) is 31.2 Å². The molecule has 1 heterocycles. The molecule has 1 aromatic rings. The molecule has 1 aromatic carbocycles. The molecule has 1 saturated heterocycles. The molecule has 0 spiro atoms. The lowest BCUT2D eigenvalue weighted by molar-refractivity contribution is 0.107. The highest BCUT2D eigenvalue weighted by Gasteiger charge is 2.30. The summed E-state index contributed by atoms with van der Waals surface area (Å²) >= 11 is 0. The number of benzene rings is 1. The first-order chi connectivity index (χ1) is 9.11. The van der Waals surface area contributed by atoms with Gasteiger partial charge in [0.05, 0.1) is 12.7 Å². The Morgan fingerprint density at radius 3 is 2.89 bits per heavy atom. The summed E-state index contributed by atoms with van der Waals surface area (Å²) < 4.78 is 0. The van der Waals surface area contributed by atoms with Crippen LogP contribution in [0, 0.1) is 12.8 Å². The Morgan fingerprint density at radius 2 is 2.21 bits per heavy atom. The van der Waals surface area contributed by atoms with Gasteiger partial charge in [0.25, 0.3) is 0 Å². The Morgan fingerprint density at radius 1 is 1.42 bits per heavy atom. The van der Waals surface area contributed by atoms with Crippen molar-refractivity contribution in [1.29, 1.82) is 0 Å². The van der Waals surface area contributed by atoms with Gasteiger partial charge in [0.15, 0.2) is 0 Å². The first-order valence-corrected chi connectivity index (χ1v) is 7.21. The van der Waals surface area contributed by atoms with E-state index in [0.29, 0.717) is 5.92 Å². The average Bonchev–Trinajstić information content (AvgIpc) is 2.76. The molecule has 0 saturated carbocycles. The molecule has 0 bridgehead atoms. The molecule has 0 radical (unpaired) electrons. The minimum atomic E-state index is -0.407. The third-order valence-electron chi connectivity index (χ3n) is 4.30. The fourth-order valence-electron chi connectivity index (χ4n) is 2.99. The van der Waals surface area contributed by atoms with Crippen molar-refractivity contribution in [3.05, 3.63) is 35.4 Å². The molecule has 0 aliphatic carbocycles. The van der Waals surface area contributed by atoms with Crippen LogP contribution in [0.3, 0.4) is 0 Å². The van der Waals surface area contributed by atoms with Crippen LogP contribution in [-0.4, -0.2) is 40.9 Å². The number of aliphatic hydroxyl groups excluding tert-OH is 2. The van der Waals surface area contributed by atoms with Crippen LogP contribution in [-0.2, 0) is 0 Å². The van der Waals surface area contributed by atoms with Gasteiger partial charge in [-0.15, -0.1) is 0 Å². The van der Waals surface area contributed by atoms with Crippen LogP contribution >= 0.6 is 0 Å². The fraction of sp³-hybridized carbons (Fsp3) is 0.625. The molecule has 2 rings (SSSR count). The normalized spacial score (nSPS) is 25.7. The van der Waals surface area contributed by atoms with Gasteiger partial charge in [0.1, 0.15) is 0 Å². The van der Waals surface area contributed by atoms with Crippen LogP contribution < -0.4 is 0 Å². The maximum Gasteiger partial charge on any atom is 0.0802 e. The number of nitrogens with zero attached hydrogens (tertiary/aromatic N) is 1. The fourth-order valence-corrected chi connectivity index (χ4v) is 2.99. The second-order valence-electron chi connectivity index (χ2n) is 5.77. The van der Waals surface area contributed by atoms with Crippen molar-refractivity contribution in [1.82, 2.24) is 4.90 Å².